The molecule has 0 bridgehead atoms. The van der Waals surface area contributed by atoms with Crippen LogP contribution in [0.5, 0.6) is 5.75 Å². The van der Waals surface area contributed by atoms with Crippen molar-refractivity contribution in [1.82, 2.24) is 0 Å². The second kappa shape index (κ2) is 6.48. The van der Waals surface area contributed by atoms with Crippen molar-refractivity contribution < 1.29 is 23.6 Å². The zero-order valence-corrected chi connectivity index (χ0v) is 10.2. The van der Waals surface area contributed by atoms with E-state index < -0.39 is 16.7 Å². The first-order chi connectivity index (χ1) is 8.95. The van der Waals surface area contributed by atoms with Gasteiger partial charge in [-0.1, -0.05) is 6.58 Å². The molecule has 1 rings (SSSR count). The van der Waals surface area contributed by atoms with E-state index >= 15 is 0 Å². The lowest BCUT2D eigenvalue weighted by molar-refractivity contribution is -0.385. The first-order valence-electron chi connectivity index (χ1n) is 5.37. The largest absolute Gasteiger partial charge is 0.486 e. The topological polar surface area (TPSA) is 78.7 Å². The van der Waals surface area contributed by atoms with E-state index in [9.17, 15) is 19.3 Å². The molecule has 0 saturated heterocycles. The minimum Gasteiger partial charge on any atom is -0.486 e. The average molecular weight is 269 g/mol. The number of halogens is 1. The smallest absolute Gasteiger partial charge is 0.336 e. The van der Waals surface area contributed by atoms with Crippen molar-refractivity contribution in [1.29, 1.82) is 0 Å². The highest BCUT2D eigenvalue weighted by atomic mass is 19.1. The van der Waals surface area contributed by atoms with E-state index in [0.717, 1.165) is 18.2 Å². The molecule has 0 aromatic heterocycles. The van der Waals surface area contributed by atoms with Gasteiger partial charge in [-0.3, -0.25) is 10.1 Å². The van der Waals surface area contributed by atoms with E-state index in [1.54, 1.807) is 6.92 Å². The number of nitrogens with zero attached hydrogens (tertiary/aromatic N) is 1. The van der Waals surface area contributed by atoms with Crippen LogP contribution in [0.2, 0.25) is 0 Å². The van der Waals surface area contributed by atoms with Crippen LogP contribution >= 0.6 is 0 Å². The van der Waals surface area contributed by atoms with Gasteiger partial charge in [-0.05, 0) is 13.0 Å². The zero-order chi connectivity index (χ0) is 14.4. The monoisotopic (exact) mass is 269 g/mol. The van der Waals surface area contributed by atoms with Crippen molar-refractivity contribution in [3.05, 3.63) is 46.3 Å². The van der Waals surface area contributed by atoms with E-state index in [4.69, 9.17) is 4.74 Å². The lowest BCUT2D eigenvalue weighted by atomic mass is 10.3. The number of ether oxygens (including phenoxy) is 2. The molecule has 0 fully saturated rings. The summed E-state index contributed by atoms with van der Waals surface area (Å²) in [5.41, 5.74) is -0.353. The molecule has 1 aromatic rings. The molecule has 0 atom stereocenters. The maximum Gasteiger partial charge on any atom is 0.336 e. The van der Waals surface area contributed by atoms with Gasteiger partial charge in [-0.25, -0.2) is 9.18 Å². The predicted octanol–water partition coefficient (Wildman–Crippen LogP) is 2.23. The highest BCUT2D eigenvalue weighted by Gasteiger charge is 2.13. The third-order valence-corrected chi connectivity index (χ3v) is 2.09. The van der Waals surface area contributed by atoms with Crippen LogP contribution in [0.1, 0.15) is 6.92 Å². The molecule has 7 heteroatoms. The number of esters is 1. The standard InChI is InChI=1S/C12H12FNO5/c1-3-18-12(15)8(2)7-19-11-5-4-9(14(16)17)6-10(11)13/h4-6H,2-3,7H2,1H3. The predicted molar refractivity (Wildman–Crippen MR) is 64.3 cm³/mol. The first kappa shape index (κ1) is 14.6. The normalized spacial score (nSPS) is 9.79. The Bertz CT molecular complexity index is 515. The molecule has 0 unspecified atom stereocenters. The highest BCUT2D eigenvalue weighted by Crippen LogP contribution is 2.22. The Morgan fingerprint density at radius 1 is 1.53 bits per heavy atom. The van der Waals surface area contributed by atoms with E-state index in [1.165, 1.54) is 0 Å². The Morgan fingerprint density at radius 2 is 2.21 bits per heavy atom. The first-order valence-corrected chi connectivity index (χ1v) is 5.37. The molecule has 0 aliphatic rings. The molecule has 0 radical (unpaired) electrons. The SMILES string of the molecule is C=C(COc1ccc([N+](=O)[O-])cc1F)C(=O)OCC. The number of carbonyl (C=O) groups excluding carboxylic acids is 1. The van der Waals surface area contributed by atoms with Gasteiger partial charge in [-0.15, -0.1) is 0 Å². The van der Waals surface area contributed by atoms with Crippen LogP contribution in [-0.2, 0) is 9.53 Å². The fraction of sp³-hybridized carbons (Fsp3) is 0.250. The fourth-order valence-corrected chi connectivity index (χ4v) is 1.18. The molecule has 0 amide bonds. The maximum absolute atomic E-state index is 13.4. The number of hydrogen-bond acceptors (Lipinski definition) is 5. The van der Waals surface area contributed by atoms with Crippen molar-refractivity contribution >= 4 is 11.7 Å². The zero-order valence-electron chi connectivity index (χ0n) is 10.2. The average Bonchev–Trinajstić information content (AvgIpc) is 2.36. The van der Waals surface area contributed by atoms with Crippen LogP contribution in [-0.4, -0.2) is 24.1 Å². The molecule has 1 aromatic carbocycles. The van der Waals surface area contributed by atoms with Crippen LogP contribution < -0.4 is 4.74 Å². The minimum absolute atomic E-state index is 0.0274. The number of rotatable bonds is 6. The van der Waals surface area contributed by atoms with Crippen LogP contribution in [0.3, 0.4) is 0 Å². The maximum atomic E-state index is 13.4. The van der Waals surface area contributed by atoms with Gasteiger partial charge in [0.05, 0.1) is 23.2 Å². The van der Waals surface area contributed by atoms with E-state index in [1.807, 2.05) is 0 Å². The van der Waals surface area contributed by atoms with Crippen LogP contribution in [0, 0.1) is 15.9 Å². The van der Waals surface area contributed by atoms with Crippen LogP contribution in [0.4, 0.5) is 10.1 Å². The number of non-ortho nitro benzene ring substituents is 1. The summed E-state index contributed by atoms with van der Waals surface area (Å²) in [5, 5.41) is 10.4. The van der Waals surface area contributed by atoms with E-state index in [0.29, 0.717) is 0 Å². The minimum atomic E-state index is -0.883. The number of benzene rings is 1. The highest BCUT2D eigenvalue weighted by molar-refractivity contribution is 5.88. The second-order valence-corrected chi connectivity index (χ2v) is 3.48. The summed E-state index contributed by atoms with van der Waals surface area (Å²) in [5.74, 6) is -1.72. The fourth-order valence-electron chi connectivity index (χ4n) is 1.18. The molecule has 0 spiro atoms. The molecule has 19 heavy (non-hydrogen) atoms. The molecule has 0 heterocycles. The quantitative estimate of drug-likeness (QED) is 0.342. The third kappa shape index (κ3) is 4.06. The van der Waals surface area contributed by atoms with Crippen molar-refractivity contribution in [2.75, 3.05) is 13.2 Å². The Balaban J connectivity index is 2.66. The summed E-state index contributed by atoms with van der Waals surface area (Å²) < 4.78 is 23.1. The Labute approximate surface area is 108 Å². The molecule has 6 nitrogen and oxygen atoms in total. The summed E-state index contributed by atoms with van der Waals surface area (Å²) in [6.07, 6.45) is 0. The Hall–Kier alpha value is -2.44. The summed E-state index contributed by atoms with van der Waals surface area (Å²) >= 11 is 0. The molecule has 0 aliphatic heterocycles. The van der Waals surface area contributed by atoms with Gasteiger partial charge in [0.25, 0.3) is 5.69 Å². The van der Waals surface area contributed by atoms with Gasteiger partial charge in [0.1, 0.15) is 6.61 Å². The lowest BCUT2D eigenvalue weighted by Crippen LogP contribution is -2.13. The van der Waals surface area contributed by atoms with Gasteiger partial charge in [0.2, 0.25) is 0 Å². The molecular weight excluding hydrogens is 257 g/mol. The summed E-state index contributed by atoms with van der Waals surface area (Å²) in [6.45, 7) is 5.02. The number of hydrogen-bond donors (Lipinski definition) is 0. The van der Waals surface area contributed by atoms with Crippen LogP contribution in [0.15, 0.2) is 30.4 Å². The van der Waals surface area contributed by atoms with Gasteiger partial charge in [-0.2, -0.15) is 0 Å². The molecule has 102 valence electrons. The van der Waals surface area contributed by atoms with E-state index in [2.05, 4.69) is 11.3 Å². The number of nitro benzene ring substituents is 1. The van der Waals surface area contributed by atoms with Gasteiger partial charge < -0.3 is 9.47 Å². The Kier molecular flexibility index (Phi) is 4.99. The van der Waals surface area contributed by atoms with E-state index in [-0.39, 0.29) is 30.2 Å². The third-order valence-electron chi connectivity index (χ3n) is 2.09. The summed E-state index contributed by atoms with van der Waals surface area (Å²) in [6, 6.07) is 2.96. The molecule has 0 aliphatic carbocycles. The van der Waals surface area contributed by atoms with Gasteiger partial charge >= 0.3 is 5.97 Å². The van der Waals surface area contributed by atoms with Crippen molar-refractivity contribution in [3.8, 4) is 5.75 Å². The van der Waals surface area contributed by atoms with Crippen molar-refractivity contribution in [3.63, 3.8) is 0 Å². The molecular formula is C12H12FNO5. The second-order valence-electron chi connectivity index (χ2n) is 3.48. The van der Waals surface area contributed by atoms with Gasteiger partial charge in [0, 0.05) is 6.07 Å². The van der Waals surface area contributed by atoms with Crippen LogP contribution in [0.25, 0.3) is 0 Å². The summed E-state index contributed by atoms with van der Waals surface area (Å²) in [4.78, 5) is 20.9. The summed E-state index contributed by atoms with van der Waals surface area (Å²) in [7, 11) is 0. The number of nitro groups is 1. The Morgan fingerprint density at radius 3 is 2.74 bits per heavy atom. The van der Waals surface area contributed by atoms with Gasteiger partial charge in [0.15, 0.2) is 11.6 Å². The molecule has 0 saturated carbocycles. The van der Waals surface area contributed by atoms with Crippen molar-refractivity contribution in [2.45, 2.75) is 6.92 Å². The van der Waals surface area contributed by atoms with Crippen molar-refractivity contribution in [2.24, 2.45) is 0 Å². The number of carbonyl (C=O) groups is 1. The molecule has 0 N–H and O–H groups in total. The lowest BCUT2D eigenvalue weighted by Gasteiger charge is -2.08.